The molecule has 0 saturated carbocycles. The van der Waals surface area contributed by atoms with Crippen molar-refractivity contribution in [1.29, 1.82) is 0 Å². The van der Waals surface area contributed by atoms with Gasteiger partial charge in [0.25, 0.3) is 5.56 Å². The van der Waals surface area contributed by atoms with Crippen LogP contribution in [0.2, 0.25) is 0 Å². The molecule has 0 saturated heterocycles. The van der Waals surface area contributed by atoms with E-state index in [0.717, 1.165) is 16.6 Å². The van der Waals surface area contributed by atoms with Crippen LogP contribution < -0.4 is 22.3 Å². The van der Waals surface area contributed by atoms with Crippen molar-refractivity contribution in [3.8, 4) is 11.5 Å². The van der Waals surface area contributed by atoms with E-state index in [1.54, 1.807) is 4.57 Å². The maximum atomic E-state index is 12.2. The molecular formula is C18H24N6O4. The minimum absolute atomic E-state index is 0.112. The molecule has 150 valence electrons. The van der Waals surface area contributed by atoms with Crippen molar-refractivity contribution in [1.82, 2.24) is 24.8 Å². The van der Waals surface area contributed by atoms with Crippen LogP contribution in [-0.2, 0) is 6.54 Å². The van der Waals surface area contributed by atoms with E-state index in [1.165, 1.54) is 0 Å². The van der Waals surface area contributed by atoms with Gasteiger partial charge < -0.3 is 25.8 Å². The number of hydrogen-bond acceptors (Lipinski definition) is 8. The van der Waals surface area contributed by atoms with Gasteiger partial charge in [0.15, 0.2) is 17.8 Å². The fourth-order valence-electron chi connectivity index (χ4n) is 3.01. The molecule has 3 rings (SSSR count). The first-order chi connectivity index (χ1) is 13.3. The smallest absolute Gasteiger partial charge is 0.349 e. The molecule has 10 heteroatoms. The number of aliphatic hydroxyl groups excluding tert-OH is 1. The number of nitrogens with two attached hydrogens (primary N) is 1. The van der Waals surface area contributed by atoms with Crippen LogP contribution in [-0.4, -0.2) is 55.2 Å². The van der Waals surface area contributed by atoms with Crippen molar-refractivity contribution in [2.75, 3.05) is 13.1 Å². The van der Waals surface area contributed by atoms with Crippen molar-refractivity contribution in [2.45, 2.75) is 39.1 Å². The maximum absolute atomic E-state index is 12.2. The van der Waals surface area contributed by atoms with Crippen molar-refractivity contribution >= 4 is 11.0 Å². The molecule has 2 aliphatic heterocycles. The third kappa shape index (κ3) is 4.09. The molecule has 2 heterocycles. The highest BCUT2D eigenvalue weighted by atomic mass is 16.5. The Bertz CT molecular complexity index is 1070. The first kappa shape index (κ1) is 20.1. The summed E-state index contributed by atoms with van der Waals surface area (Å²) in [6.07, 6.45) is -1.16. The predicted octanol–water partition coefficient (Wildman–Crippen LogP) is -1.18. The lowest BCUT2D eigenvalue weighted by Gasteiger charge is -2.18. The second kappa shape index (κ2) is 8.15. The second-order valence-electron chi connectivity index (χ2n) is 6.85. The highest BCUT2D eigenvalue weighted by Gasteiger charge is 2.19. The Balaban J connectivity index is 1.95. The van der Waals surface area contributed by atoms with E-state index < -0.39 is 23.6 Å². The van der Waals surface area contributed by atoms with Gasteiger partial charge in [0.2, 0.25) is 0 Å². The standard InChI is InChI=1S/C18H24N6O4/c1-9-7-12-13(8-10(9)2)24(6-5-20-4-3-11(19)17(26)27)15-14(21-12)16(25)23-18(28)22-15/h7-8,11,17,20,26-27H,3-6,19H2,1-2H3,(H,23,25,28). The number of H-pyrrole nitrogens is 1. The monoisotopic (exact) mass is 388 g/mol. The van der Waals surface area contributed by atoms with Crippen molar-refractivity contribution in [3.05, 3.63) is 44.1 Å². The molecule has 0 fully saturated rings. The number of nitrogens with zero attached hydrogens (tertiary/aromatic N) is 3. The summed E-state index contributed by atoms with van der Waals surface area (Å²) in [5, 5.41) is 21.2. The Kier molecular flexibility index (Phi) is 5.84. The summed E-state index contributed by atoms with van der Waals surface area (Å²) >= 11 is 0. The molecule has 1 aromatic rings. The predicted molar refractivity (Wildman–Crippen MR) is 104 cm³/mol. The average Bonchev–Trinajstić information content (AvgIpc) is 2.62. The zero-order valence-corrected chi connectivity index (χ0v) is 15.8. The quantitative estimate of drug-likeness (QED) is 0.192. The maximum Gasteiger partial charge on any atom is 0.349 e. The zero-order chi connectivity index (χ0) is 20.4. The topological polar surface area (TPSA) is 159 Å². The number of aromatic nitrogens is 4. The Morgan fingerprint density at radius 1 is 1.18 bits per heavy atom. The molecule has 0 bridgehead atoms. The lowest BCUT2D eigenvalue weighted by atomic mass is 10.1. The van der Waals surface area contributed by atoms with E-state index in [1.807, 2.05) is 26.0 Å². The number of benzene rings is 1. The zero-order valence-electron chi connectivity index (χ0n) is 15.8. The highest BCUT2D eigenvalue weighted by molar-refractivity contribution is 5.81. The lowest BCUT2D eigenvalue weighted by molar-refractivity contribution is -0.0593. The lowest BCUT2D eigenvalue weighted by Crippen LogP contribution is -2.37. The van der Waals surface area contributed by atoms with E-state index in [4.69, 9.17) is 15.9 Å². The van der Waals surface area contributed by atoms with Gasteiger partial charge in [0.1, 0.15) is 0 Å². The minimum Gasteiger partial charge on any atom is -0.367 e. The summed E-state index contributed by atoms with van der Waals surface area (Å²) in [6, 6.07) is 3.14. The minimum atomic E-state index is -1.55. The molecule has 0 aliphatic carbocycles. The molecule has 0 radical (unpaired) electrons. The molecule has 28 heavy (non-hydrogen) atoms. The van der Waals surface area contributed by atoms with E-state index in [2.05, 4.69) is 20.3 Å². The Morgan fingerprint density at radius 2 is 1.89 bits per heavy atom. The summed E-state index contributed by atoms with van der Waals surface area (Å²) in [6.45, 7) is 5.37. The number of nitrogens with one attached hydrogen (secondary N) is 2. The number of rotatable bonds is 7. The van der Waals surface area contributed by atoms with Crippen LogP contribution in [0.25, 0.3) is 22.6 Å². The van der Waals surface area contributed by atoms with Gasteiger partial charge in [-0.05, 0) is 50.1 Å². The third-order valence-corrected chi connectivity index (χ3v) is 4.77. The number of hydrogen-bond donors (Lipinski definition) is 5. The van der Waals surface area contributed by atoms with Crippen LogP contribution in [0.3, 0.4) is 0 Å². The van der Waals surface area contributed by atoms with Crippen molar-refractivity contribution in [2.24, 2.45) is 5.73 Å². The number of aryl methyl sites for hydroxylation is 2. The normalized spacial score (nSPS) is 12.9. The van der Waals surface area contributed by atoms with Gasteiger partial charge in [-0.3, -0.25) is 9.78 Å². The molecule has 1 atom stereocenters. The van der Waals surface area contributed by atoms with Gasteiger partial charge in [-0.1, -0.05) is 0 Å². The molecule has 6 N–H and O–H groups in total. The largest absolute Gasteiger partial charge is 0.367 e. The molecule has 0 amide bonds. The van der Waals surface area contributed by atoms with Gasteiger partial charge in [-0.2, -0.15) is 4.98 Å². The van der Waals surface area contributed by atoms with Gasteiger partial charge in [0, 0.05) is 13.1 Å². The molecule has 0 aromatic heterocycles. The van der Waals surface area contributed by atoms with Gasteiger partial charge in [-0.15, -0.1) is 0 Å². The van der Waals surface area contributed by atoms with Crippen LogP contribution >= 0.6 is 0 Å². The van der Waals surface area contributed by atoms with Gasteiger partial charge in [0.05, 0.1) is 17.1 Å². The molecule has 1 aromatic carbocycles. The van der Waals surface area contributed by atoms with Crippen LogP contribution in [0.1, 0.15) is 17.5 Å². The van der Waals surface area contributed by atoms with Crippen molar-refractivity contribution < 1.29 is 10.2 Å². The first-order valence-corrected chi connectivity index (χ1v) is 9.02. The van der Waals surface area contributed by atoms with Gasteiger partial charge in [-0.25, -0.2) is 9.78 Å². The summed E-state index contributed by atoms with van der Waals surface area (Å²) in [7, 11) is 0. The van der Waals surface area contributed by atoms with Crippen LogP contribution in [0, 0.1) is 13.8 Å². The molecule has 1 unspecified atom stereocenters. The number of fused-ring (bicyclic) bond motifs is 2. The Hall–Kier alpha value is -2.66. The third-order valence-electron chi connectivity index (χ3n) is 4.77. The van der Waals surface area contributed by atoms with E-state index in [9.17, 15) is 9.59 Å². The molecule has 10 nitrogen and oxygen atoms in total. The van der Waals surface area contributed by atoms with Gasteiger partial charge >= 0.3 is 5.69 Å². The number of aliphatic hydroxyl groups is 2. The van der Waals surface area contributed by atoms with Crippen LogP contribution in [0.4, 0.5) is 0 Å². The first-order valence-electron chi connectivity index (χ1n) is 9.02. The summed E-state index contributed by atoms with van der Waals surface area (Å²) in [4.78, 5) is 34.5. The highest BCUT2D eigenvalue weighted by Crippen LogP contribution is 2.23. The van der Waals surface area contributed by atoms with Crippen LogP contribution in [0.15, 0.2) is 21.7 Å². The molecular weight excluding hydrogens is 364 g/mol. The summed E-state index contributed by atoms with van der Waals surface area (Å²) in [5.74, 6) is 0.230. The van der Waals surface area contributed by atoms with E-state index >= 15 is 0 Å². The fraction of sp³-hybridized carbons (Fsp3) is 0.444. The second-order valence-corrected chi connectivity index (χ2v) is 6.85. The van der Waals surface area contributed by atoms with E-state index in [-0.39, 0.29) is 11.5 Å². The van der Waals surface area contributed by atoms with E-state index in [0.29, 0.717) is 31.6 Å². The summed E-state index contributed by atoms with van der Waals surface area (Å²) < 4.78 is 1.80. The van der Waals surface area contributed by atoms with Crippen molar-refractivity contribution in [3.63, 3.8) is 0 Å². The molecule has 0 spiro atoms. The summed E-state index contributed by atoms with van der Waals surface area (Å²) in [5.41, 5.74) is 7.94. The Labute approximate surface area is 160 Å². The molecule has 2 aliphatic rings. The fourth-order valence-corrected chi connectivity index (χ4v) is 3.01. The average molecular weight is 388 g/mol. The number of aromatic amines is 1. The SMILES string of the molecule is Cc1cc2nc3c(=O)[nH]c(=O)nc-3n(CCNCCC(N)C(O)O)c2cc1C. The van der Waals surface area contributed by atoms with Crippen LogP contribution in [0.5, 0.6) is 0 Å². The Morgan fingerprint density at radius 3 is 2.61 bits per heavy atom.